The van der Waals surface area contributed by atoms with Crippen molar-refractivity contribution in [3.63, 3.8) is 0 Å². The molecule has 170 valence electrons. The third kappa shape index (κ3) is 8.01. The van der Waals surface area contributed by atoms with Gasteiger partial charge in [0.1, 0.15) is 17.4 Å². The van der Waals surface area contributed by atoms with E-state index < -0.39 is 35.1 Å². The van der Waals surface area contributed by atoms with Crippen LogP contribution in [0.15, 0.2) is 24.3 Å². The highest BCUT2D eigenvalue weighted by molar-refractivity contribution is 14.1. The Kier molecular flexibility index (Phi) is 9.74. The minimum Gasteiger partial charge on any atom is -0.497 e. The minimum absolute atomic E-state index is 0.0650. The molecular formula is C22H29IN2O6. The predicted molar refractivity (Wildman–Crippen MR) is 123 cm³/mol. The van der Waals surface area contributed by atoms with Crippen LogP contribution < -0.4 is 10.1 Å². The Labute approximate surface area is 196 Å². The highest BCUT2D eigenvalue weighted by atomic mass is 127. The maximum Gasteiger partial charge on any atom is 0.347 e. The van der Waals surface area contributed by atoms with Crippen LogP contribution in [0.3, 0.4) is 0 Å². The number of amides is 1. The number of nitrogens with one attached hydrogen (secondary N) is 1. The smallest absolute Gasteiger partial charge is 0.347 e. The molecule has 1 N–H and O–H groups in total. The second-order valence-corrected chi connectivity index (χ2v) is 9.08. The molecule has 1 rings (SSSR count). The lowest BCUT2D eigenvalue weighted by Crippen LogP contribution is -2.60. The maximum atomic E-state index is 13.1. The number of rotatable bonds is 9. The zero-order chi connectivity index (χ0) is 23.8. The topological polar surface area (TPSA) is 115 Å². The van der Waals surface area contributed by atoms with E-state index in [2.05, 4.69) is 5.32 Å². The van der Waals surface area contributed by atoms with Crippen LogP contribution in [0.1, 0.15) is 40.2 Å². The molecule has 9 heteroatoms. The molecule has 1 aromatic carbocycles. The fraction of sp³-hybridized carbons (Fsp3) is 0.545. The molecule has 1 aromatic rings. The third-order valence-electron chi connectivity index (χ3n) is 4.13. The Morgan fingerprint density at radius 2 is 1.74 bits per heavy atom. The molecule has 0 heterocycles. The van der Waals surface area contributed by atoms with Crippen molar-refractivity contribution < 1.29 is 28.6 Å². The van der Waals surface area contributed by atoms with Gasteiger partial charge in [0.15, 0.2) is 6.10 Å². The highest BCUT2D eigenvalue weighted by Gasteiger charge is 2.46. The lowest BCUT2D eigenvalue weighted by atomic mass is 9.90. The molecule has 0 aliphatic carbocycles. The first-order chi connectivity index (χ1) is 14.4. The summed E-state index contributed by atoms with van der Waals surface area (Å²) in [7, 11) is 1.53. The van der Waals surface area contributed by atoms with E-state index in [1.807, 2.05) is 28.7 Å². The number of halogens is 1. The molecule has 0 aromatic heterocycles. The Morgan fingerprint density at radius 3 is 2.16 bits per heavy atom. The fourth-order valence-corrected chi connectivity index (χ4v) is 2.82. The number of carbonyl (C=O) groups excluding carboxylic acids is 3. The maximum absolute atomic E-state index is 13.1. The summed E-state index contributed by atoms with van der Waals surface area (Å²) < 4.78 is 15.9. The van der Waals surface area contributed by atoms with Gasteiger partial charge in [0, 0.05) is 6.42 Å². The first kappa shape index (κ1) is 26.7. The number of ether oxygens (including phenoxy) is 3. The first-order valence-corrected chi connectivity index (χ1v) is 11.2. The average Bonchev–Trinajstić information content (AvgIpc) is 2.69. The van der Waals surface area contributed by atoms with Gasteiger partial charge in [-0.3, -0.25) is 9.59 Å². The van der Waals surface area contributed by atoms with E-state index in [9.17, 15) is 19.6 Å². The number of methoxy groups -OCH3 is 1. The zero-order valence-corrected chi connectivity index (χ0v) is 20.8. The molecule has 1 amide bonds. The molecule has 0 fully saturated rings. The lowest BCUT2D eigenvalue weighted by Gasteiger charge is -2.32. The van der Waals surface area contributed by atoms with Gasteiger partial charge in [-0.1, -0.05) is 48.6 Å². The molecule has 0 bridgehead atoms. The standard InChI is InChI=1S/C22H29IN2O6/c1-14(2)18(30-17(26)12-23)19(27)25-22(13-24,20(28)31-21(3,4)5)11-15-7-9-16(29-6)10-8-15/h7-10,14,18H,11-12H2,1-6H3,(H,25,27). The number of nitriles is 1. The molecule has 2 atom stereocenters. The average molecular weight is 544 g/mol. The van der Waals surface area contributed by atoms with E-state index in [4.69, 9.17) is 14.2 Å². The number of benzene rings is 1. The van der Waals surface area contributed by atoms with E-state index in [1.54, 1.807) is 58.9 Å². The summed E-state index contributed by atoms with van der Waals surface area (Å²) in [5, 5.41) is 12.5. The summed E-state index contributed by atoms with van der Waals surface area (Å²) in [4.78, 5) is 37.8. The normalized spacial score (nSPS) is 14.0. The van der Waals surface area contributed by atoms with Crippen LogP contribution >= 0.6 is 22.6 Å². The van der Waals surface area contributed by atoms with Gasteiger partial charge in [-0.05, 0) is 44.4 Å². The minimum atomic E-state index is -2.01. The molecule has 8 nitrogen and oxygen atoms in total. The SMILES string of the molecule is COc1ccc(CC(C#N)(NC(=O)C(OC(=O)CI)C(C)C)C(=O)OC(C)(C)C)cc1. The molecule has 0 spiro atoms. The van der Waals surface area contributed by atoms with Gasteiger partial charge in [-0.15, -0.1) is 0 Å². The molecule has 2 unspecified atom stereocenters. The molecule has 0 aliphatic rings. The van der Waals surface area contributed by atoms with Gasteiger partial charge < -0.3 is 19.5 Å². The molecular weight excluding hydrogens is 515 g/mol. The number of hydrogen-bond donors (Lipinski definition) is 1. The quantitative estimate of drug-likeness (QED) is 0.289. The summed E-state index contributed by atoms with van der Waals surface area (Å²) in [5.74, 6) is -1.96. The second kappa shape index (κ2) is 11.3. The van der Waals surface area contributed by atoms with Crippen LogP contribution in [0, 0.1) is 17.2 Å². The number of hydrogen-bond acceptors (Lipinski definition) is 7. The van der Waals surface area contributed by atoms with Gasteiger partial charge in [0.05, 0.1) is 11.5 Å². The Hall–Kier alpha value is -2.35. The van der Waals surface area contributed by atoms with Gasteiger partial charge in [0.2, 0.25) is 5.54 Å². The van der Waals surface area contributed by atoms with Crippen molar-refractivity contribution in [3.8, 4) is 11.8 Å². The largest absolute Gasteiger partial charge is 0.497 e. The van der Waals surface area contributed by atoms with Crippen molar-refractivity contribution in [1.29, 1.82) is 5.26 Å². The summed E-state index contributed by atoms with van der Waals surface area (Å²) in [6, 6.07) is 8.69. The van der Waals surface area contributed by atoms with Crippen LogP contribution in [-0.2, 0) is 30.3 Å². The van der Waals surface area contributed by atoms with E-state index in [-0.39, 0.29) is 16.8 Å². The zero-order valence-electron chi connectivity index (χ0n) is 18.7. The number of carbonyl (C=O) groups is 3. The second-order valence-electron chi connectivity index (χ2n) is 8.32. The van der Waals surface area contributed by atoms with E-state index in [1.165, 1.54) is 7.11 Å². The number of nitrogens with zero attached hydrogens (tertiary/aromatic N) is 1. The van der Waals surface area contributed by atoms with Gasteiger partial charge in [-0.25, -0.2) is 4.79 Å². The van der Waals surface area contributed by atoms with Crippen molar-refractivity contribution in [2.24, 2.45) is 5.92 Å². The number of esters is 2. The summed E-state index contributed by atoms with van der Waals surface area (Å²) >= 11 is 1.83. The van der Waals surface area contributed by atoms with Gasteiger partial charge >= 0.3 is 11.9 Å². The molecule has 0 saturated heterocycles. The summed E-state index contributed by atoms with van der Waals surface area (Å²) in [5.41, 5.74) is -2.28. The Bertz CT molecular complexity index is 826. The van der Waals surface area contributed by atoms with Crippen molar-refractivity contribution >= 4 is 40.4 Å². The van der Waals surface area contributed by atoms with Crippen LogP contribution in [0.4, 0.5) is 0 Å². The van der Waals surface area contributed by atoms with E-state index in [0.29, 0.717) is 11.3 Å². The van der Waals surface area contributed by atoms with E-state index >= 15 is 0 Å². The number of alkyl halides is 1. The van der Waals surface area contributed by atoms with Crippen molar-refractivity contribution in [2.45, 2.75) is 58.3 Å². The van der Waals surface area contributed by atoms with Gasteiger partial charge in [-0.2, -0.15) is 5.26 Å². The molecule has 31 heavy (non-hydrogen) atoms. The highest BCUT2D eigenvalue weighted by Crippen LogP contribution is 2.22. The van der Waals surface area contributed by atoms with Crippen LogP contribution in [0.5, 0.6) is 5.75 Å². The molecule has 0 saturated carbocycles. The Balaban J connectivity index is 3.32. The lowest BCUT2D eigenvalue weighted by molar-refractivity contribution is -0.164. The van der Waals surface area contributed by atoms with Gasteiger partial charge in [0.25, 0.3) is 5.91 Å². The van der Waals surface area contributed by atoms with Crippen LogP contribution in [0.2, 0.25) is 0 Å². The van der Waals surface area contributed by atoms with Crippen molar-refractivity contribution in [1.82, 2.24) is 5.32 Å². The summed E-state index contributed by atoms with van der Waals surface area (Å²) in [6.45, 7) is 8.41. The van der Waals surface area contributed by atoms with Crippen molar-refractivity contribution in [3.05, 3.63) is 29.8 Å². The third-order valence-corrected chi connectivity index (χ3v) is 4.76. The molecule has 0 aliphatic heterocycles. The van der Waals surface area contributed by atoms with Crippen LogP contribution in [0.25, 0.3) is 0 Å². The predicted octanol–water partition coefficient (Wildman–Crippen LogP) is 2.96. The monoisotopic (exact) mass is 544 g/mol. The summed E-state index contributed by atoms with van der Waals surface area (Å²) in [6.07, 6.45) is -1.30. The fourth-order valence-electron chi connectivity index (χ4n) is 2.64. The first-order valence-electron chi connectivity index (χ1n) is 9.72. The van der Waals surface area contributed by atoms with E-state index in [0.717, 1.165) is 0 Å². The van der Waals surface area contributed by atoms with Crippen molar-refractivity contribution in [2.75, 3.05) is 11.5 Å². The Morgan fingerprint density at radius 1 is 1.16 bits per heavy atom. The molecule has 0 radical (unpaired) electrons. The van der Waals surface area contributed by atoms with Crippen LogP contribution in [-0.4, -0.2) is 46.6 Å².